The van der Waals surface area contributed by atoms with Crippen LogP contribution in [0.25, 0.3) is 22.3 Å². The minimum absolute atomic E-state index is 0.00971. The van der Waals surface area contributed by atoms with E-state index in [2.05, 4.69) is 49.4 Å². The molecule has 1 unspecified atom stereocenters. The van der Waals surface area contributed by atoms with E-state index in [1.807, 2.05) is 42.7 Å². The van der Waals surface area contributed by atoms with Crippen LogP contribution in [-0.4, -0.2) is 40.8 Å². The molecular formula is C22H26N8O. The fraction of sp³-hybridized carbons (Fsp3) is 0.318. The minimum atomic E-state index is -0.762. The second-order valence-electron chi connectivity index (χ2n) is 7.98. The summed E-state index contributed by atoms with van der Waals surface area (Å²) in [6.07, 6.45) is 6.05. The smallest absolute Gasteiger partial charge is 0.228 e. The molecule has 160 valence electrons. The molecule has 4 rings (SSSR count). The zero-order valence-corrected chi connectivity index (χ0v) is 18.0. The molecule has 0 fully saturated rings. The van der Waals surface area contributed by atoms with Crippen molar-refractivity contribution in [3.8, 4) is 11.1 Å². The summed E-state index contributed by atoms with van der Waals surface area (Å²) >= 11 is 0. The molecule has 0 spiro atoms. The van der Waals surface area contributed by atoms with E-state index >= 15 is 0 Å². The van der Waals surface area contributed by atoms with Crippen LogP contribution in [0, 0.1) is 5.92 Å². The summed E-state index contributed by atoms with van der Waals surface area (Å²) in [7, 11) is 0. The van der Waals surface area contributed by atoms with E-state index in [1.165, 1.54) is 6.33 Å². The van der Waals surface area contributed by atoms with Crippen LogP contribution in [0.15, 0.2) is 49.3 Å². The van der Waals surface area contributed by atoms with Crippen LogP contribution in [0.4, 0.5) is 17.5 Å². The third-order valence-electron chi connectivity index (χ3n) is 4.91. The molecule has 9 heteroatoms. The van der Waals surface area contributed by atoms with Crippen LogP contribution in [0.2, 0.25) is 0 Å². The molecular weight excluding hydrogens is 392 g/mol. The number of nitrogens with zero attached hydrogens (tertiary/aromatic N) is 6. The van der Waals surface area contributed by atoms with E-state index in [0.29, 0.717) is 22.9 Å². The van der Waals surface area contributed by atoms with Gasteiger partial charge in [0.2, 0.25) is 5.95 Å². The van der Waals surface area contributed by atoms with Gasteiger partial charge in [-0.1, -0.05) is 26.0 Å². The average Bonchev–Trinajstić information content (AvgIpc) is 3.19. The summed E-state index contributed by atoms with van der Waals surface area (Å²) in [6, 6.07) is 8.09. The molecule has 3 N–H and O–H groups in total. The van der Waals surface area contributed by atoms with Crippen LogP contribution in [-0.2, 0) is 0 Å². The molecule has 0 radical (unpaired) electrons. The monoisotopic (exact) mass is 418 g/mol. The van der Waals surface area contributed by atoms with E-state index in [4.69, 9.17) is 0 Å². The molecule has 1 aromatic carbocycles. The van der Waals surface area contributed by atoms with Gasteiger partial charge < -0.3 is 20.3 Å². The van der Waals surface area contributed by atoms with Crippen LogP contribution < -0.4 is 10.6 Å². The molecule has 0 aliphatic heterocycles. The van der Waals surface area contributed by atoms with Gasteiger partial charge in [0.05, 0.1) is 6.33 Å². The Balaban J connectivity index is 1.74. The van der Waals surface area contributed by atoms with Gasteiger partial charge in [-0.15, -0.1) is 0 Å². The first-order valence-electron chi connectivity index (χ1n) is 10.2. The van der Waals surface area contributed by atoms with Gasteiger partial charge in [0, 0.05) is 29.7 Å². The molecule has 0 bridgehead atoms. The highest BCUT2D eigenvalue weighted by Gasteiger charge is 2.17. The fourth-order valence-corrected chi connectivity index (χ4v) is 3.11. The van der Waals surface area contributed by atoms with Crippen molar-refractivity contribution in [2.45, 2.75) is 40.0 Å². The molecule has 0 saturated carbocycles. The van der Waals surface area contributed by atoms with Gasteiger partial charge in [0.25, 0.3) is 0 Å². The lowest BCUT2D eigenvalue weighted by Gasteiger charge is -2.17. The first kappa shape index (κ1) is 20.7. The summed E-state index contributed by atoms with van der Waals surface area (Å²) in [6.45, 7) is 7.98. The van der Waals surface area contributed by atoms with E-state index in [-0.39, 0.29) is 12.0 Å². The summed E-state index contributed by atoms with van der Waals surface area (Å²) in [5.41, 5.74) is 4.10. The maximum atomic E-state index is 10.3. The Morgan fingerprint density at radius 3 is 2.48 bits per heavy atom. The van der Waals surface area contributed by atoms with Crippen LogP contribution in [0.3, 0.4) is 0 Å². The van der Waals surface area contributed by atoms with E-state index in [1.54, 1.807) is 18.7 Å². The number of nitrogens with one attached hydrogen (secondary N) is 2. The number of aromatic nitrogens is 6. The van der Waals surface area contributed by atoms with Gasteiger partial charge in [-0.05, 0) is 37.5 Å². The average molecular weight is 419 g/mol. The second kappa shape index (κ2) is 8.65. The molecule has 0 saturated heterocycles. The van der Waals surface area contributed by atoms with Crippen molar-refractivity contribution < 1.29 is 5.11 Å². The highest BCUT2D eigenvalue weighted by atomic mass is 16.3. The Kier molecular flexibility index (Phi) is 5.77. The van der Waals surface area contributed by atoms with E-state index in [0.717, 1.165) is 16.8 Å². The molecule has 9 nitrogen and oxygen atoms in total. The Labute approximate surface area is 180 Å². The molecule has 1 atom stereocenters. The lowest BCUT2D eigenvalue weighted by molar-refractivity contribution is 0.152. The molecule has 0 aliphatic rings. The number of hydrogen-bond donors (Lipinski definition) is 3. The van der Waals surface area contributed by atoms with Crippen LogP contribution >= 0.6 is 0 Å². The number of rotatable bonds is 7. The van der Waals surface area contributed by atoms with Gasteiger partial charge >= 0.3 is 0 Å². The lowest BCUT2D eigenvalue weighted by atomic mass is 10.1. The van der Waals surface area contributed by atoms with Crippen molar-refractivity contribution in [2.24, 2.45) is 5.92 Å². The first-order valence-corrected chi connectivity index (χ1v) is 10.2. The maximum absolute atomic E-state index is 10.3. The molecule has 31 heavy (non-hydrogen) atoms. The number of fused-ring (bicyclic) bond motifs is 1. The van der Waals surface area contributed by atoms with Gasteiger partial charge in [0.15, 0.2) is 17.0 Å². The second-order valence-corrected chi connectivity index (χ2v) is 7.98. The number of hydrogen-bond acceptors (Lipinski definition) is 8. The van der Waals surface area contributed by atoms with Crippen LogP contribution in [0.1, 0.15) is 33.7 Å². The predicted octanol–water partition coefficient (Wildman–Crippen LogP) is 3.99. The van der Waals surface area contributed by atoms with Gasteiger partial charge in [-0.25, -0.2) is 15.0 Å². The minimum Gasteiger partial charge on any atom is -0.373 e. The normalized spacial score (nSPS) is 12.5. The summed E-state index contributed by atoms with van der Waals surface area (Å²) in [4.78, 5) is 21.9. The molecule has 3 heterocycles. The molecule has 4 aromatic rings. The Hall–Kier alpha value is -3.59. The third-order valence-corrected chi connectivity index (χ3v) is 4.91. The van der Waals surface area contributed by atoms with Gasteiger partial charge in [-0.3, -0.25) is 0 Å². The highest BCUT2D eigenvalue weighted by Crippen LogP contribution is 2.28. The zero-order valence-electron chi connectivity index (χ0n) is 18.0. The summed E-state index contributed by atoms with van der Waals surface area (Å²) < 4.78 is 1.98. The SMILES string of the molecule is CC(C)C(O)Nc1nc(Nc2cccc(-c3cncnc3)c2)c2ncn(C(C)C)c2n1. The predicted molar refractivity (Wildman–Crippen MR) is 121 cm³/mol. The van der Waals surface area contributed by atoms with Crippen molar-refractivity contribution in [2.75, 3.05) is 10.6 Å². The topological polar surface area (TPSA) is 114 Å². The number of aliphatic hydroxyl groups excluding tert-OH is 1. The molecule has 3 aromatic heterocycles. The Bertz CT molecular complexity index is 1170. The summed E-state index contributed by atoms with van der Waals surface area (Å²) in [5, 5.41) is 16.6. The quantitative estimate of drug-likeness (QED) is 0.386. The van der Waals surface area contributed by atoms with Crippen molar-refractivity contribution >= 4 is 28.6 Å². The number of benzene rings is 1. The standard InChI is InChI=1S/C22H26N8O/c1-13(2)21(31)29-22-27-19(18-20(28-22)30(12-25-18)14(3)4)26-17-7-5-6-15(8-17)16-9-23-11-24-10-16/h5-14,21,31H,1-4H3,(H2,26,27,28,29). The zero-order chi connectivity index (χ0) is 22.0. The van der Waals surface area contributed by atoms with Crippen molar-refractivity contribution in [3.05, 3.63) is 49.3 Å². The van der Waals surface area contributed by atoms with Gasteiger partial charge in [-0.2, -0.15) is 9.97 Å². The Morgan fingerprint density at radius 2 is 1.77 bits per heavy atom. The van der Waals surface area contributed by atoms with Crippen molar-refractivity contribution in [3.63, 3.8) is 0 Å². The van der Waals surface area contributed by atoms with Crippen molar-refractivity contribution in [1.29, 1.82) is 0 Å². The Morgan fingerprint density at radius 1 is 1.00 bits per heavy atom. The summed E-state index contributed by atoms with van der Waals surface area (Å²) in [5.74, 6) is 0.908. The number of anilines is 3. The number of aliphatic hydroxyl groups is 1. The van der Waals surface area contributed by atoms with E-state index < -0.39 is 6.23 Å². The maximum Gasteiger partial charge on any atom is 0.228 e. The first-order chi connectivity index (χ1) is 14.9. The van der Waals surface area contributed by atoms with E-state index in [9.17, 15) is 5.11 Å². The lowest BCUT2D eigenvalue weighted by Crippen LogP contribution is -2.26. The number of imidazole rings is 1. The van der Waals surface area contributed by atoms with Crippen molar-refractivity contribution in [1.82, 2.24) is 29.5 Å². The van der Waals surface area contributed by atoms with Crippen LogP contribution in [0.5, 0.6) is 0 Å². The fourth-order valence-electron chi connectivity index (χ4n) is 3.11. The highest BCUT2D eigenvalue weighted by molar-refractivity contribution is 5.87. The third kappa shape index (κ3) is 4.46. The molecule has 0 amide bonds. The van der Waals surface area contributed by atoms with Gasteiger partial charge in [0.1, 0.15) is 12.6 Å². The molecule has 0 aliphatic carbocycles. The largest absolute Gasteiger partial charge is 0.373 e.